The summed E-state index contributed by atoms with van der Waals surface area (Å²) in [4.78, 5) is 44.1. The lowest BCUT2D eigenvalue weighted by molar-refractivity contribution is -0.0649. The number of ether oxygens (including phenoxy) is 3. The Kier molecular flexibility index (Phi) is 8.73. The summed E-state index contributed by atoms with van der Waals surface area (Å²) in [5.41, 5.74) is 12.4. The van der Waals surface area contributed by atoms with Gasteiger partial charge < -0.3 is 45.9 Å². The number of nitrogens with two attached hydrogens (primary N) is 2. The second kappa shape index (κ2) is 12.4. The predicted molar refractivity (Wildman–Crippen MR) is 147 cm³/mol. The Hall–Kier alpha value is -3.37. The molecule has 5 unspecified atom stereocenters. The fourth-order valence-electron chi connectivity index (χ4n) is 5.11. The molecule has 22 nitrogen and oxygen atoms in total. The predicted octanol–water partition coefficient (Wildman–Crippen LogP) is -2.08. The molecule has 242 valence electrons. The Labute approximate surface area is 252 Å². The van der Waals surface area contributed by atoms with Gasteiger partial charge in [-0.15, -0.1) is 0 Å². The average molecular weight is 673 g/mol. The first-order valence-corrected chi connectivity index (χ1v) is 15.9. The normalized spacial score (nSPS) is 30.3. The zero-order valence-electron chi connectivity index (χ0n) is 22.8. The van der Waals surface area contributed by atoms with Gasteiger partial charge in [-0.25, -0.2) is 34.5 Å². The number of aliphatic hydroxyl groups is 3. The third-order valence-electron chi connectivity index (χ3n) is 7.16. The second-order valence-corrected chi connectivity index (χ2v) is 12.3. The highest BCUT2D eigenvalue weighted by atomic mass is 31.2. The van der Waals surface area contributed by atoms with E-state index in [0.717, 1.165) is 6.33 Å². The van der Waals surface area contributed by atoms with Crippen LogP contribution in [0.4, 0.5) is 11.6 Å². The van der Waals surface area contributed by atoms with E-state index in [9.17, 15) is 34.2 Å². The van der Waals surface area contributed by atoms with Crippen LogP contribution >= 0.6 is 15.9 Å². The zero-order valence-corrected chi connectivity index (χ0v) is 24.6. The van der Waals surface area contributed by atoms with Gasteiger partial charge in [0.1, 0.15) is 60.3 Å². The van der Waals surface area contributed by atoms with Crippen molar-refractivity contribution in [2.45, 2.75) is 49.1 Å². The summed E-state index contributed by atoms with van der Waals surface area (Å²) in [6.07, 6.45) is -7.02. The number of fused-ring (bicyclic) bond motifs is 2. The number of phosphoric acid groups is 1. The van der Waals surface area contributed by atoms with Crippen molar-refractivity contribution in [3.63, 3.8) is 0 Å². The molecule has 0 bridgehead atoms. The van der Waals surface area contributed by atoms with E-state index in [1.54, 1.807) is 0 Å². The van der Waals surface area contributed by atoms with Crippen molar-refractivity contribution in [2.75, 3.05) is 31.0 Å². The molecule has 6 rings (SSSR count). The Morgan fingerprint density at radius 2 is 1.47 bits per heavy atom. The largest absolute Gasteiger partial charge is 0.534 e. The van der Waals surface area contributed by atoms with Gasteiger partial charge in [0.05, 0.1) is 25.9 Å². The van der Waals surface area contributed by atoms with Crippen LogP contribution in [-0.4, -0.2) is 120 Å². The van der Waals surface area contributed by atoms with Crippen LogP contribution in [0.15, 0.2) is 25.3 Å². The van der Waals surface area contributed by atoms with Crippen LogP contribution in [0.25, 0.3) is 22.3 Å². The molecule has 0 amide bonds. The van der Waals surface area contributed by atoms with Gasteiger partial charge in [-0.2, -0.15) is 4.89 Å². The lowest BCUT2D eigenvalue weighted by Gasteiger charge is -2.25. The van der Waals surface area contributed by atoms with Crippen LogP contribution in [0, 0.1) is 0 Å². The van der Waals surface area contributed by atoms with Crippen molar-refractivity contribution >= 4 is 49.8 Å². The fraction of sp³-hybridized carbons (Fsp3) is 0.524. The minimum absolute atomic E-state index is 0.0452. The van der Waals surface area contributed by atoms with E-state index in [-0.39, 0.29) is 34.0 Å². The first kappa shape index (κ1) is 31.6. The molecule has 0 aromatic carbocycles. The number of aliphatic hydroxyl groups excluding tert-OH is 3. The van der Waals surface area contributed by atoms with Gasteiger partial charge in [-0.1, -0.05) is 0 Å². The van der Waals surface area contributed by atoms with Crippen molar-refractivity contribution in [2.24, 2.45) is 0 Å². The van der Waals surface area contributed by atoms with E-state index in [4.69, 9.17) is 34.7 Å². The van der Waals surface area contributed by atoms with Crippen molar-refractivity contribution in [1.29, 1.82) is 0 Å². The molecule has 0 saturated carbocycles. The molecule has 24 heteroatoms. The number of hydrogen-bond acceptors (Lipinski definition) is 18. The highest BCUT2D eigenvalue weighted by molar-refractivity contribution is 7.47. The summed E-state index contributed by atoms with van der Waals surface area (Å²) in [5, 5.41) is 31.6. The van der Waals surface area contributed by atoms with Crippen LogP contribution in [-0.2, 0) is 32.4 Å². The van der Waals surface area contributed by atoms with Crippen LogP contribution in [0.5, 0.6) is 0 Å². The van der Waals surface area contributed by atoms with E-state index < -0.39 is 84.5 Å². The van der Waals surface area contributed by atoms with Gasteiger partial charge in [0.25, 0.3) is 6.35 Å². The van der Waals surface area contributed by atoms with Crippen molar-refractivity contribution in [3.8, 4) is 0 Å². The zero-order chi connectivity index (χ0) is 32.0. The fourth-order valence-corrected chi connectivity index (χ4v) is 6.34. The Morgan fingerprint density at radius 3 is 2.04 bits per heavy atom. The molecular weight excluding hydrogens is 646 g/mol. The lowest BCUT2D eigenvalue weighted by Crippen LogP contribution is -2.37. The molecule has 2 saturated heterocycles. The summed E-state index contributed by atoms with van der Waals surface area (Å²) in [5.74, 6) is 0.109. The smallest absolute Gasteiger partial charge is 0.394 e. The van der Waals surface area contributed by atoms with Crippen LogP contribution in [0.3, 0.4) is 0 Å². The monoisotopic (exact) mass is 673 g/mol. The van der Waals surface area contributed by atoms with Gasteiger partial charge in [0.2, 0.25) is 0 Å². The standard InChI is InChI=1S/C21H26N10O12P2/c22-16-10-18(26-3-24-16)30(5-28-10)20-13(34)14(39-7-44(35)36)9(42-20)2-40-45(37,38)43-15-12(33)8(1-32)41-21(15)31-6-29-11-17(23)25-4-27-19(11)31/h3-6,8-9,12-15,20-21,32-34H,1-2,7H2,(H5-,22,23,24,25,26,27,35,36,37,38)/p+1/t8-,9-,12?,13+,14?,15?,20-,21-/m1/s1. The molecule has 45 heavy (non-hydrogen) atoms. The summed E-state index contributed by atoms with van der Waals surface area (Å²) in [6, 6.07) is 0. The van der Waals surface area contributed by atoms with E-state index in [1.807, 2.05) is 0 Å². The molecule has 10 atom stereocenters. The van der Waals surface area contributed by atoms with Gasteiger partial charge in [0.15, 0.2) is 35.4 Å². The van der Waals surface area contributed by atoms with E-state index in [1.165, 1.54) is 28.1 Å². The number of rotatable bonds is 11. The maximum absolute atomic E-state index is 13.2. The van der Waals surface area contributed by atoms with Gasteiger partial charge in [-0.05, 0) is 4.57 Å². The second-order valence-electron chi connectivity index (χ2n) is 9.91. The molecule has 4 aromatic rings. The molecule has 0 aliphatic carbocycles. The number of anilines is 2. The van der Waals surface area contributed by atoms with Crippen molar-refractivity contribution in [3.05, 3.63) is 25.3 Å². The molecule has 6 heterocycles. The molecule has 2 fully saturated rings. The quantitative estimate of drug-likeness (QED) is 0.0840. The van der Waals surface area contributed by atoms with Crippen LogP contribution in [0.1, 0.15) is 12.5 Å². The highest BCUT2D eigenvalue weighted by Gasteiger charge is 2.51. The summed E-state index contributed by atoms with van der Waals surface area (Å²) in [6.45, 7) is -1.41. The van der Waals surface area contributed by atoms with Gasteiger partial charge >= 0.3 is 15.9 Å². The van der Waals surface area contributed by atoms with E-state index in [2.05, 4.69) is 29.9 Å². The number of phosphoric ester groups is 1. The molecule has 2 aliphatic rings. The first-order chi connectivity index (χ1) is 21.5. The molecule has 0 spiro atoms. The van der Waals surface area contributed by atoms with E-state index in [0.29, 0.717) is 0 Å². The van der Waals surface area contributed by atoms with Crippen LogP contribution in [0.2, 0.25) is 0 Å². The third-order valence-corrected chi connectivity index (χ3v) is 8.51. The minimum atomic E-state index is -5.08. The highest BCUT2D eigenvalue weighted by Crippen LogP contribution is 2.50. The SMILES string of the molecule is Nc1ncnc2c1ncn2[C@@H]1O[C@H](CO)C(O)C1OP(=O)(O)OC[C@H]1O[C@@H](n2cnc3c(N)ncnc32)[C@@H](O)C1OC[P+](=O)O. The summed E-state index contributed by atoms with van der Waals surface area (Å²) < 4.78 is 54.7. The Bertz CT molecular complexity index is 1760. The van der Waals surface area contributed by atoms with E-state index >= 15 is 0 Å². The molecule has 2 aliphatic heterocycles. The average Bonchev–Trinajstić information content (AvgIpc) is 3.76. The number of nitrogens with zero attached hydrogens (tertiary/aromatic N) is 8. The molecule has 4 aromatic heterocycles. The number of nitrogen functional groups attached to an aromatic ring is 2. The topological polar surface area (TPSA) is 321 Å². The Morgan fingerprint density at radius 1 is 0.889 bits per heavy atom. The summed E-state index contributed by atoms with van der Waals surface area (Å²) in [7, 11) is -7.87. The van der Waals surface area contributed by atoms with Crippen molar-refractivity contribution < 1.29 is 57.5 Å². The first-order valence-electron chi connectivity index (χ1n) is 13.0. The van der Waals surface area contributed by atoms with Crippen LogP contribution < -0.4 is 11.5 Å². The maximum Gasteiger partial charge on any atom is 0.534 e. The third kappa shape index (κ3) is 5.99. The number of hydrogen-bond donors (Lipinski definition) is 7. The molecule has 0 radical (unpaired) electrons. The molecule has 9 N–H and O–H groups in total. The lowest BCUT2D eigenvalue weighted by atomic mass is 10.1. The number of aromatic nitrogens is 8. The number of imidazole rings is 2. The minimum Gasteiger partial charge on any atom is -0.394 e. The van der Waals surface area contributed by atoms with Gasteiger partial charge in [0, 0.05) is 0 Å². The molecular formula is C21H27N10O12P2+. The summed E-state index contributed by atoms with van der Waals surface area (Å²) >= 11 is 0. The van der Waals surface area contributed by atoms with Gasteiger partial charge in [-0.3, -0.25) is 18.2 Å². The maximum atomic E-state index is 13.2. The van der Waals surface area contributed by atoms with Crippen molar-refractivity contribution in [1.82, 2.24) is 39.0 Å². The Balaban J connectivity index is 1.21.